The Kier molecular flexibility index (Phi) is 4.91. The minimum Gasteiger partial charge on any atom is -0.382 e. The number of thiophene rings is 1. The third-order valence-electron chi connectivity index (χ3n) is 4.41. The predicted molar refractivity (Wildman–Crippen MR) is 92.4 cm³/mol. The molecular weight excluding hydrogens is 308 g/mol. The van der Waals surface area contributed by atoms with Gasteiger partial charge in [0.1, 0.15) is 5.82 Å². The molecule has 1 amide bonds. The van der Waals surface area contributed by atoms with Crippen LogP contribution < -0.4 is 5.73 Å². The largest absolute Gasteiger partial charge is 0.382 e. The molecule has 0 aliphatic carbocycles. The summed E-state index contributed by atoms with van der Waals surface area (Å²) >= 11 is 1.54. The van der Waals surface area contributed by atoms with Crippen molar-refractivity contribution in [3.05, 3.63) is 40.0 Å². The lowest BCUT2D eigenvalue weighted by atomic mass is 9.95. The summed E-state index contributed by atoms with van der Waals surface area (Å²) in [5, 5.41) is 1.99. The standard InChI is InChI=1S/C17H22N4OS/c1-12-5-8-23-16(12)17(22)21-6-2-3-13(4-7-21)9-14-10-20-15(18)11-19-14/h5,8,10-11,13H,2-4,6-7,9H2,1H3,(H2,18,20)/t13-/m1/s1. The topological polar surface area (TPSA) is 72.1 Å². The first kappa shape index (κ1) is 15.9. The number of likely N-dealkylation sites (tertiary alicyclic amines) is 1. The molecular formula is C17H22N4OS. The first-order valence-electron chi connectivity index (χ1n) is 8.03. The fourth-order valence-corrected chi connectivity index (χ4v) is 3.97. The van der Waals surface area contributed by atoms with Crippen LogP contribution in [0.3, 0.4) is 0 Å². The van der Waals surface area contributed by atoms with Crippen molar-refractivity contribution in [2.45, 2.75) is 32.6 Å². The average molecular weight is 330 g/mol. The summed E-state index contributed by atoms with van der Waals surface area (Å²) in [6.45, 7) is 3.67. The Balaban J connectivity index is 1.60. The van der Waals surface area contributed by atoms with Gasteiger partial charge in [0.25, 0.3) is 5.91 Å². The number of carbonyl (C=O) groups excluding carboxylic acids is 1. The molecule has 0 saturated carbocycles. The Bertz CT molecular complexity index is 667. The Labute approximate surface area is 140 Å². The van der Waals surface area contributed by atoms with E-state index in [9.17, 15) is 4.79 Å². The van der Waals surface area contributed by atoms with E-state index in [0.29, 0.717) is 11.7 Å². The van der Waals surface area contributed by atoms with Gasteiger partial charge in [-0.2, -0.15) is 0 Å². The molecule has 122 valence electrons. The monoisotopic (exact) mass is 330 g/mol. The van der Waals surface area contributed by atoms with Crippen molar-refractivity contribution in [1.82, 2.24) is 14.9 Å². The number of nitrogen functional groups attached to an aromatic ring is 1. The lowest BCUT2D eigenvalue weighted by Crippen LogP contribution is -2.31. The summed E-state index contributed by atoms with van der Waals surface area (Å²) in [4.78, 5) is 24.0. The molecule has 1 aliphatic rings. The number of aromatic nitrogens is 2. The molecule has 0 aromatic carbocycles. The summed E-state index contributed by atoms with van der Waals surface area (Å²) in [5.74, 6) is 1.19. The number of nitrogens with zero attached hydrogens (tertiary/aromatic N) is 3. The Morgan fingerprint density at radius 3 is 2.91 bits per heavy atom. The maximum Gasteiger partial charge on any atom is 0.264 e. The molecule has 3 rings (SSSR count). The number of rotatable bonds is 3. The van der Waals surface area contributed by atoms with E-state index in [1.165, 1.54) is 0 Å². The number of amides is 1. The number of hydrogen-bond acceptors (Lipinski definition) is 5. The Hall–Kier alpha value is -1.95. The van der Waals surface area contributed by atoms with Gasteiger partial charge in [-0.3, -0.25) is 9.78 Å². The van der Waals surface area contributed by atoms with Crippen molar-refractivity contribution < 1.29 is 4.79 Å². The highest BCUT2D eigenvalue weighted by molar-refractivity contribution is 7.12. The lowest BCUT2D eigenvalue weighted by molar-refractivity contribution is 0.0764. The van der Waals surface area contributed by atoms with Crippen LogP contribution in [-0.2, 0) is 6.42 Å². The zero-order chi connectivity index (χ0) is 16.2. The van der Waals surface area contributed by atoms with Gasteiger partial charge in [-0.15, -0.1) is 11.3 Å². The number of anilines is 1. The van der Waals surface area contributed by atoms with E-state index in [1.54, 1.807) is 23.7 Å². The average Bonchev–Trinajstić information content (AvgIpc) is 2.84. The smallest absolute Gasteiger partial charge is 0.264 e. The van der Waals surface area contributed by atoms with E-state index < -0.39 is 0 Å². The SMILES string of the molecule is Cc1ccsc1C(=O)N1CCC[C@@H](Cc2cnc(N)cn2)CC1. The highest BCUT2D eigenvalue weighted by Crippen LogP contribution is 2.24. The van der Waals surface area contributed by atoms with Gasteiger partial charge in [0, 0.05) is 13.1 Å². The van der Waals surface area contributed by atoms with E-state index in [1.807, 2.05) is 23.3 Å². The minimum atomic E-state index is 0.186. The molecule has 2 aromatic rings. The van der Waals surface area contributed by atoms with E-state index >= 15 is 0 Å². The van der Waals surface area contributed by atoms with Gasteiger partial charge in [0.05, 0.1) is 23.0 Å². The van der Waals surface area contributed by atoms with Gasteiger partial charge in [0.2, 0.25) is 0 Å². The predicted octanol–water partition coefficient (Wildman–Crippen LogP) is 2.91. The number of nitrogens with two attached hydrogens (primary N) is 1. The van der Waals surface area contributed by atoms with Crippen molar-refractivity contribution >= 4 is 23.1 Å². The maximum absolute atomic E-state index is 12.6. The summed E-state index contributed by atoms with van der Waals surface area (Å²) in [6.07, 6.45) is 7.47. The molecule has 1 aliphatic heterocycles. The summed E-state index contributed by atoms with van der Waals surface area (Å²) < 4.78 is 0. The van der Waals surface area contributed by atoms with Crippen LogP contribution >= 0.6 is 11.3 Å². The second kappa shape index (κ2) is 7.08. The lowest BCUT2D eigenvalue weighted by Gasteiger charge is -2.20. The van der Waals surface area contributed by atoms with Gasteiger partial charge in [-0.05, 0) is 55.5 Å². The first-order valence-corrected chi connectivity index (χ1v) is 8.91. The van der Waals surface area contributed by atoms with Crippen molar-refractivity contribution in [3.8, 4) is 0 Å². The van der Waals surface area contributed by atoms with E-state index in [2.05, 4.69) is 9.97 Å². The van der Waals surface area contributed by atoms with Gasteiger partial charge in [-0.1, -0.05) is 0 Å². The number of aryl methyl sites for hydroxylation is 1. The molecule has 2 aromatic heterocycles. The molecule has 1 saturated heterocycles. The van der Waals surface area contributed by atoms with Crippen LogP contribution in [0.1, 0.15) is 40.2 Å². The molecule has 3 heterocycles. The van der Waals surface area contributed by atoms with Gasteiger partial charge >= 0.3 is 0 Å². The van der Waals surface area contributed by atoms with Crippen LogP contribution in [-0.4, -0.2) is 33.9 Å². The molecule has 5 nitrogen and oxygen atoms in total. The minimum absolute atomic E-state index is 0.186. The molecule has 23 heavy (non-hydrogen) atoms. The van der Waals surface area contributed by atoms with E-state index in [0.717, 1.165) is 54.9 Å². The maximum atomic E-state index is 12.6. The Morgan fingerprint density at radius 1 is 1.35 bits per heavy atom. The van der Waals surface area contributed by atoms with Crippen LogP contribution in [0, 0.1) is 12.8 Å². The molecule has 0 unspecified atom stereocenters. The van der Waals surface area contributed by atoms with Crippen molar-refractivity contribution in [2.75, 3.05) is 18.8 Å². The van der Waals surface area contributed by atoms with Crippen LogP contribution in [0.2, 0.25) is 0 Å². The number of hydrogen-bond donors (Lipinski definition) is 1. The fraction of sp³-hybridized carbons (Fsp3) is 0.471. The molecule has 1 atom stereocenters. The third-order valence-corrected chi connectivity index (χ3v) is 5.42. The third kappa shape index (κ3) is 3.88. The Morgan fingerprint density at radius 2 is 2.22 bits per heavy atom. The summed E-state index contributed by atoms with van der Waals surface area (Å²) in [5.41, 5.74) is 7.64. The van der Waals surface area contributed by atoms with Crippen LogP contribution in [0.4, 0.5) is 5.82 Å². The molecule has 6 heteroatoms. The summed E-state index contributed by atoms with van der Waals surface area (Å²) in [6, 6.07) is 2.01. The van der Waals surface area contributed by atoms with Crippen LogP contribution in [0.5, 0.6) is 0 Å². The normalized spacial score (nSPS) is 18.7. The highest BCUT2D eigenvalue weighted by Gasteiger charge is 2.23. The molecule has 0 bridgehead atoms. The quantitative estimate of drug-likeness (QED) is 0.939. The highest BCUT2D eigenvalue weighted by atomic mass is 32.1. The molecule has 2 N–H and O–H groups in total. The second-order valence-electron chi connectivity index (χ2n) is 6.16. The first-order chi connectivity index (χ1) is 11.1. The van der Waals surface area contributed by atoms with Crippen molar-refractivity contribution in [3.63, 3.8) is 0 Å². The van der Waals surface area contributed by atoms with Crippen molar-refractivity contribution in [1.29, 1.82) is 0 Å². The molecule has 1 fully saturated rings. The molecule has 0 radical (unpaired) electrons. The number of carbonyl (C=O) groups is 1. The molecule has 0 spiro atoms. The van der Waals surface area contributed by atoms with Crippen LogP contribution in [0.25, 0.3) is 0 Å². The van der Waals surface area contributed by atoms with Gasteiger partial charge in [-0.25, -0.2) is 4.98 Å². The zero-order valence-electron chi connectivity index (χ0n) is 13.4. The van der Waals surface area contributed by atoms with Crippen LogP contribution in [0.15, 0.2) is 23.8 Å². The summed E-state index contributed by atoms with van der Waals surface area (Å²) in [7, 11) is 0. The fourth-order valence-electron chi connectivity index (χ4n) is 3.07. The van der Waals surface area contributed by atoms with Gasteiger partial charge in [0.15, 0.2) is 0 Å². The zero-order valence-corrected chi connectivity index (χ0v) is 14.2. The van der Waals surface area contributed by atoms with Crippen molar-refractivity contribution in [2.24, 2.45) is 5.92 Å². The second-order valence-corrected chi connectivity index (χ2v) is 7.07. The van der Waals surface area contributed by atoms with E-state index in [-0.39, 0.29) is 5.91 Å². The van der Waals surface area contributed by atoms with Gasteiger partial charge < -0.3 is 10.6 Å². The van der Waals surface area contributed by atoms with E-state index in [4.69, 9.17) is 5.73 Å².